The standard InChI is InChI=1S/C10H23N.3HNO2.Ru/c1-3-5-7-9-11-10-8-6-4-2;3*2-1-3;/h11H,3-10H2,1-2H3;3*(H,2,3);/q;;;;+3/p-3. The minimum absolute atomic E-state index is 0. The molecule has 0 amide bonds. The topological polar surface area (TPSA) is 170 Å². The molecule has 11 heteroatoms. The zero-order chi connectivity index (χ0) is 16.5. The van der Waals surface area contributed by atoms with E-state index in [9.17, 15) is 0 Å². The predicted octanol–water partition coefficient (Wildman–Crippen LogP) is 3.71. The first kappa shape index (κ1) is 31.9. The van der Waals surface area contributed by atoms with Gasteiger partial charge < -0.3 is 35.7 Å². The molecular weight excluding hydrogens is 373 g/mol. The quantitative estimate of drug-likeness (QED) is 0.282. The van der Waals surface area contributed by atoms with Crippen molar-refractivity contribution in [2.24, 2.45) is 16.0 Å². The number of hydrogen-bond donors (Lipinski definition) is 1. The fraction of sp³-hybridized carbons (Fsp3) is 1.00. The van der Waals surface area contributed by atoms with Gasteiger partial charge in [-0.3, -0.25) is 0 Å². The fourth-order valence-electron chi connectivity index (χ4n) is 1.12. The van der Waals surface area contributed by atoms with Crippen molar-refractivity contribution in [1.29, 1.82) is 0 Å². The molecule has 0 aliphatic heterocycles. The van der Waals surface area contributed by atoms with Crippen LogP contribution in [0.1, 0.15) is 52.4 Å². The van der Waals surface area contributed by atoms with E-state index in [1.807, 2.05) is 0 Å². The Balaban J connectivity index is -0.0000000711. The first-order valence-electron chi connectivity index (χ1n) is 6.22. The van der Waals surface area contributed by atoms with E-state index >= 15 is 0 Å². The van der Waals surface area contributed by atoms with Gasteiger partial charge in [-0.1, -0.05) is 39.5 Å². The Labute approximate surface area is 137 Å². The van der Waals surface area contributed by atoms with Crippen molar-refractivity contribution in [3.8, 4) is 0 Å². The van der Waals surface area contributed by atoms with Crippen molar-refractivity contribution in [2.75, 3.05) is 13.1 Å². The summed E-state index contributed by atoms with van der Waals surface area (Å²) in [5, 5.41) is 30.5. The van der Waals surface area contributed by atoms with Crippen molar-refractivity contribution in [3.63, 3.8) is 0 Å². The van der Waals surface area contributed by atoms with Crippen LogP contribution in [-0.2, 0) is 19.5 Å². The Bertz CT molecular complexity index is 157. The van der Waals surface area contributed by atoms with Gasteiger partial charge in [-0.15, -0.1) is 16.0 Å². The van der Waals surface area contributed by atoms with Gasteiger partial charge >= 0.3 is 19.5 Å². The van der Waals surface area contributed by atoms with Crippen LogP contribution in [0, 0.1) is 30.3 Å². The third-order valence-electron chi connectivity index (χ3n) is 1.91. The molecule has 0 aromatic heterocycles. The number of nitrogens with zero attached hydrogens (tertiary/aromatic N) is 3. The zero-order valence-corrected chi connectivity index (χ0v) is 14.0. The van der Waals surface area contributed by atoms with Gasteiger partial charge in [-0.2, -0.15) is 0 Å². The van der Waals surface area contributed by atoms with Gasteiger partial charge in [0.15, 0.2) is 0 Å². The molecule has 0 saturated carbocycles. The van der Waals surface area contributed by atoms with Crippen LogP contribution >= 0.6 is 0 Å². The molecular formula is C10H23N4O6Ru. The molecule has 0 saturated heterocycles. The molecule has 0 rings (SSSR count). The smallest absolute Gasteiger partial charge is 0.444 e. The van der Waals surface area contributed by atoms with E-state index in [0.717, 1.165) is 16.0 Å². The zero-order valence-electron chi connectivity index (χ0n) is 12.3. The molecule has 21 heavy (non-hydrogen) atoms. The number of nitrogens with one attached hydrogen (secondary N) is 1. The summed E-state index contributed by atoms with van der Waals surface area (Å²) < 4.78 is 0. The van der Waals surface area contributed by atoms with Crippen molar-refractivity contribution >= 4 is 0 Å². The van der Waals surface area contributed by atoms with E-state index in [-0.39, 0.29) is 19.5 Å². The Hall–Kier alpha value is -1.22. The summed E-state index contributed by atoms with van der Waals surface area (Å²) in [4.78, 5) is 24.0. The predicted molar refractivity (Wildman–Crippen MR) is 79.4 cm³/mol. The molecule has 1 radical (unpaired) electrons. The Morgan fingerprint density at radius 1 is 0.714 bits per heavy atom. The second-order valence-electron chi connectivity index (χ2n) is 3.39. The fourth-order valence-corrected chi connectivity index (χ4v) is 1.12. The second-order valence-corrected chi connectivity index (χ2v) is 3.39. The summed E-state index contributed by atoms with van der Waals surface area (Å²) in [5.74, 6) is 0. The first-order chi connectivity index (χ1) is 9.66. The molecule has 1 N–H and O–H groups in total. The Morgan fingerprint density at radius 2 is 0.952 bits per heavy atom. The van der Waals surface area contributed by atoms with Crippen LogP contribution in [0.25, 0.3) is 0 Å². The molecule has 0 fully saturated rings. The normalized spacial score (nSPS) is 7.14. The summed E-state index contributed by atoms with van der Waals surface area (Å²) in [5.41, 5.74) is 0. The van der Waals surface area contributed by atoms with Crippen LogP contribution < -0.4 is 5.32 Å². The number of rotatable bonds is 8. The Morgan fingerprint density at radius 3 is 1.14 bits per heavy atom. The van der Waals surface area contributed by atoms with Gasteiger partial charge in [0.1, 0.15) is 0 Å². The maximum atomic E-state index is 8.00. The summed E-state index contributed by atoms with van der Waals surface area (Å²) >= 11 is 0. The van der Waals surface area contributed by atoms with Crippen molar-refractivity contribution < 1.29 is 19.5 Å². The first-order valence-corrected chi connectivity index (χ1v) is 6.22. The van der Waals surface area contributed by atoms with Crippen LogP contribution in [0.2, 0.25) is 0 Å². The Kier molecular flexibility index (Phi) is 77.7. The third-order valence-corrected chi connectivity index (χ3v) is 1.91. The minimum Gasteiger partial charge on any atom is -0.444 e. The van der Waals surface area contributed by atoms with Gasteiger partial charge in [0.05, 0.1) is 0 Å². The van der Waals surface area contributed by atoms with Crippen LogP contribution in [0.5, 0.6) is 0 Å². The monoisotopic (exact) mass is 397 g/mol. The third kappa shape index (κ3) is 115. The molecule has 0 heterocycles. The SMILES string of the molecule is CCCCCNCCCCC.O=N[O-].O=N[O-].O=N[O-].[Ru+3]. The number of unbranched alkanes of at least 4 members (excludes halogenated alkanes) is 4. The maximum Gasteiger partial charge on any atom is 3.00 e. The summed E-state index contributed by atoms with van der Waals surface area (Å²) in [6.45, 7) is 6.93. The van der Waals surface area contributed by atoms with E-state index in [1.165, 1.54) is 51.6 Å². The molecule has 0 bridgehead atoms. The van der Waals surface area contributed by atoms with Gasteiger partial charge in [0.2, 0.25) is 0 Å². The molecule has 0 atom stereocenters. The average Bonchev–Trinajstić information content (AvgIpc) is 2.41. The van der Waals surface area contributed by atoms with Crippen molar-refractivity contribution in [2.45, 2.75) is 52.4 Å². The minimum atomic E-state index is 0. The molecule has 10 nitrogen and oxygen atoms in total. The van der Waals surface area contributed by atoms with Crippen molar-refractivity contribution in [3.05, 3.63) is 30.3 Å². The van der Waals surface area contributed by atoms with Gasteiger partial charge in [0.25, 0.3) is 0 Å². The molecule has 0 aliphatic carbocycles. The van der Waals surface area contributed by atoms with E-state index in [0.29, 0.717) is 0 Å². The summed E-state index contributed by atoms with van der Waals surface area (Å²) in [7, 11) is 0. The van der Waals surface area contributed by atoms with Crippen LogP contribution in [0.15, 0.2) is 16.0 Å². The molecule has 0 spiro atoms. The van der Waals surface area contributed by atoms with E-state index in [4.69, 9.17) is 30.3 Å². The van der Waals surface area contributed by atoms with E-state index in [1.54, 1.807) is 0 Å². The van der Waals surface area contributed by atoms with Crippen LogP contribution in [-0.4, -0.2) is 13.1 Å². The van der Waals surface area contributed by atoms with Crippen LogP contribution in [0.3, 0.4) is 0 Å². The van der Waals surface area contributed by atoms with E-state index < -0.39 is 0 Å². The molecule has 0 unspecified atom stereocenters. The second kappa shape index (κ2) is 51.1. The molecule has 0 aliphatic rings. The maximum absolute atomic E-state index is 8.00. The van der Waals surface area contributed by atoms with Gasteiger partial charge in [-0.25, -0.2) is 0 Å². The average molecular weight is 396 g/mol. The summed E-state index contributed by atoms with van der Waals surface area (Å²) in [6.07, 6.45) is 8.11. The van der Waals surface area contributed by atoms with Gasteiger partial charge in [0, 0.05) is 0 Å². The molecule has 0 aromatic carbocycles. The van der Waals surface area contributed by atoms with Crippen molar-refractivity contribution in [1.82, 2.24) is 5.32 Å². The summed E-state index contributed by atoms with van der Waals surface area (Å²) in [6, 6.07) is 0. The molecule has 0 aromatic rings. The molecule has 127 valence electrons. The van der Waals surface area contributed by atoms with Gasteiger partial charge in [-0.05, 0) is 25.9 Å². The largest absolute Gasteiger partial charge is 3.00 e. The van der Waals surface area contributed by atoms with Crippen LogP contribution in [0.4, 0.5) is 0 Å². The number of hydrogen-bond acceptors (Lipinski definition) is 10. The van der Waals surface area contributed by atoms with E-state index in [2.05, 4.69) is 19.2 Å².